The first-order valence-corrected chi connectivity index (χ1v) is 14.2. The Morgan fingerprint density at radius 2 is 1.52 bits per heavy atom. The van der Waals surface area contributed by atoms with E-state index >= 15 is 0 Å². The van der Waals surface area contributed by atoms with E-state index in [9.17, 15) is 14.0 Å². The minimum absolute atomic E-state index is 0. The minimum atomic E-state index is -0.256. The number of hydrogen-bond acceptors (Lipinski definition) is 3. The van der Waals surface area contributed by atoms with Crippen molar-refractivity contribution in [1.29, 1.82) is 0 Å². The Morgan fingerprint density at radius 1 is 0.825 bits per heavy atom. The van der Waals surface area contributed by atoms with Gasteiger partial charge in [0.1, 0.15) is 5.82 Å². The fraction of sp³-hybridized carbons (Fsp3) is 0.394. The third-order valence-corrected chi connectivity index (χ3v) is 9.53. The van der Waals surface area contributed by atoms with E-state index in [4.69, 9.17) is 0 Å². The molecule has 0 spiro atoms. The molecule has 4 saturated carbocycles. The van der Waals surface area contributed by atoms with E-state index in [0.717, 1.165) is 54.4 Å². The summed E-state index contributed by atoms with van der Waals surface area (Å²) in [5.41, 5.74) is 4.39. The number of hydrogen-bond donors (Lipinski definition) is 2. The van der Waals surface area contributed by atoms with E-state index in [1.807, 2.05) is 47.4 Å². The molecule has 0 saturated heterocycles. The van der Waals surface area contributed by atoms with Crippen LogP contribution in [0.1, 0.15) is 60.0 Å². The first-order valence-electron chi connectivity index (χ1n) is 14.2. The average molecular weight is 560 g/mol. The van der Waals surface area contributed by atoms with Crippen molar-refractivity contribution < 1.29 is 14.0 Å². The number of carbonyl (C=O) groups excluding carboxylic acids is 2. The SMILES string of the molecule is Cl.O=C(NC12C[C@@H]3C[C@@H](CC(NCC(=O)N4Cc5ccc(F)cc5C4)(C3)C1)C2)c1cccc(-c2ccccc2)c1. The minimum Gasteiger partial charge on any atom is -0.347 e. The van der Waals surface area contributed by atoms with Gasteiger partial charge in [0.25, 0.3) is 5.91 Å². The van der Waals surface area contributed by atoms with Crippen LogP contribution in [0.5, 0.6) is 0 Å². The highest BCUT2D eigenvalue weighted by atomic mass is 35.5. The first-order chi connectivity index (χ1) is 18.9. The molecule has 4 atom stereocenters. The van der Waals surface area contributed by atoms with Gasteiger partial charge in [-0.3, -0.25) is 9.59 Å². The summed E-state index contributed by atoms with van der Waals surface area (Å²) in [6.45, 7) is 1.28. The lowest BCUT2D eigenvalue weighted by atomic mass is 9.50. The van der Waals surface area contributed by atoms with Gasteiger partial charge in [0, 0.05) is 29.7 Å². The Labute approximate surface area is 240 Å². The smallest absolute Gasteiger partial charge is 0.251 e. The summed E-state index contributed by atoms with van der Waals surface area (Å²) >= 11 is 0. The standard InChI is InChI=1S/C33H34FN3O2.ClH/c34-29-10-9-27-19-37(20-28(27)13-29)30(38)18-35-32-14-22-11-23(15-32)17-33(16-22,21-32)36-31(39)26-8-4-7-25(12-26)24-5-2-1-3-6-24;/h1-10,12-13,22-23,35H,11,14-21H2,(H,36,39);1H/t22-,23+,32?,33?;. The van der Waals surface area contributed by atoms with Crippen LogP contribution in [-0.4, -0.2) is 34.3 Å². The molecule has 8 rings (SSSR count). The number of nitrogens with zero attached hydrogens (tertiary/aromatic N) is 1. The van der Waals surface area contributed by atoms with Gasteiger partial charge in [-0.15, -0.1) is 12.4 Å². The molecule has 0 aromatic heterocycles. The number of carbonyl (C=O) groups is 2. The maximum Gasteiger partial charge on any atom is 0.251 e. The molecular formula is C33H35ClFN3O2. The van der Waals surface area contributed by atoms with Crippen molar-refractivity contribution in [2.75, 3.05) is 6.54 Å². The Balaban J connectivity index is 0.00000289. The van der Waals surface area contributed by atoms with Crippen molar-refractivity contribution in [3.05, 3.63) is 95.3 Å². The Hall–Kier alpha value is -3.22. The third-order valence-electron chi connectivity index (χ3n) is 9.53. The van der Waals surface area contributed by atoms with E-state index in [0.29, 0.717) is 30.5 Å². The zero-order valence-corrected chi connectivity index (χ0v) is 23.3. The molecule has 40 heavy (non-hydrogen) atoms. The molecular weight excluding hydrogens is 525 g/mol. The summed E-state index contributed by atoms with van der Waals surface area (Å²) in [5.74, 6) is 0.905. The van der Waals surface area contributed by atoms with Crippen molar-refractivity contribution >= 4 is 24.2 Å². The van der Waals surface area contributed by atoms with E-state index in [1.54, 1.807) is 6.07 Å². The van der Waals surface area contributed by atoms with Gasteiger partial charge in [0.05, 0.1) is 6.54 Å². The molecule has 4 aliphatic carbocycles. The van der Waals surface area contributed by atoms with Gasteiger partial charge in [0.2, 0.25) is 5.91 Å². The van der Waals surface area contributed by atoms with Crippen molar-refractivity contribution in [3.63, 3.8) is 0 Å². The molecule has 5 nitrogen and oxygen atoms in total. The zero-order chi connectivity index (χ0) is 26.6. The summed E-state index contributed by atoms with van der Waals surface area (Å²) in [5, 5.41) is 7.19. The fourth-order valence-electron chi connectivity index (χ4n) is 8.31. The second-order valence-electron chi connectivity index (χ2n) is 12.4. The van der Waals surface area contributed by atoms with Crippen molar-refractivity contribution in [2.24, 2.45) is 11.8 Å². The van der Waals surface area contributed by atoms with Crippen LogP contribution in [0.15, 0.2) is 72.8 Å². The molecule has 4 bridgehead atoms. The lowest BCUT2D eigenvalue weighted by molar-refractivity contribution is -0.132. The summed E-state index contributed by atoms with van der Waals surface area (Å²) in [7, 11) is 0. The van der Waals surface area contributed by atoms with Crippen LogP contribution < -0.4 is 10.6 Å². The number of rotatable bonds is 6. The summed E-state index contributed by atoms with van der Waals surface area (Å²) < 4.78 is 13.6. The van der Waals surface area contributed by atoms with E-state index in [1.165, 1.54) is 18.6 Å². The van der Waals surface area contributed by atoms with Crippen molar-refractivity contribution in [1.82, 2.24) is 15.5 Å². The molecule has 2 N–H and O–H groups in total. The highest BCUT2D eigenvalue weighted by molar-refractivity contribution is 5.96. The van der Waals surface area contributed by atoms with Crippen LogP contribution in [0.3, 0.4) is 0 Å². The Kier molecular flexibility index (Phi) is 6.96. The molecule has 0 radical (unpaired) electrons. The molecule has 1 aliphatic heterocycles. The number of benzene rings is 3. The first kappa shape index (κ1) is 27.0. The highest BCUT2D eigenvalue weighted by Crippen LogP contribution is 2.57. The summed E-state index contributed by atoms with van der Waals surface area (Å²) in [6.07, 6.45) is 6.21. The lowest BCUT2D eigenvalue weighted by Gasteiger charge is -2.62. The van der Waals surface area contributed by atoms with Crippen LogP contribution in [-0.2, 0) is 17.9 Å². The Bertz CT molecular complexity index is 1430. The Morgan fingerprint density at radius 3 is 2.30 bits per heavy atom. The van der Waals surface area contributed by atoms with E-state index in [-0.39, 0.29) is 47.7 Å². The van der Waals surface area contributed by atoms with Gasteiger partial charge in [0.15, 0.2) is 0 Å². The van der Waals surface area contributed by atoms with E-state index < -0.39 is 0 Å². The number of fused-ring (bicyclic) bond motifs is 1. The maximum absolute atomic E-state index is 13.6. The van der Waals surface area contributed by atoms with Crippen LogP contribution >= 0.6 is 12.4 Å². The summed E-state index contributed by atoms with van der Waals surface area (Å²) in [4.78, 5) is 28.6. The quantitative estimate of drug-likeness (QED) is 0.397. The maximum atomic E-state index is 13.6. The molecule has 7 heteroatoms. The number of amides is 2. The monoisotopic (exact) mass is 559 g/mol. The van der Waals surface area contributed by atoms with Crippen molar-refractivity contribution in [3.8, 4) is 11.1 Å². The average Bonchev–Trinajstić information content (AvgIpc) is 3.35. The lowest BCUT2D eigenvalue weighted by Crippen LogP contribution is -2.69. The largest absolute Gasteiger partial charge is 0.347 e. The van der Waals surface area contributed by atoms with Gasteiger partial charge in [-0.05, 0) is 96.9 Å². The fourth-order valence-corrected chi connectivity index (χ4v) is 8.31. The van der Waals surface area contributed by atoms with Crippen LogP contribution in [0.2, 0.25) is 0 Å². The molecule has 2 amide bonds. The number of nitrogens with one attached hydrogen (secondary N) is 2. The summed E-state index contributed by atoms with van der Waals surface area (Å²) in [6, 6.07) is 22.8. The van der Waals surface area contributed by atoms with Gasteiger partial charge in [-0.1, -0.05) is 48.5 Å². The second kappa shape index (κ2) is 10.3. The van der Waals surface area contributed by atoms with Crippen LogP contribution in [0.25, 0.3) is 11.1 Å². The molecule has 1 heterocycles. The molecule has 3 aromatic rings. The zero-order valence-electron chi connectivity index (χ0n) is 22.5. The molecule has 5 aliphatic rings. The topological polar surface area (TPSA) is 61.4 Å². The highest BCUT2D eigenvalue weighted by Gasteiger charge is 2.58. The molecule has 208 valence electrons. The number of halogens is 2. The van der Waals surface area contributed by atoms with Crippen LogP contribution in [0.4, 0.5) is 4.39 Å². The third kappa shape index (κ3) is 5.04. The van der Waals surface area contributed by atoms with Gasteiger partial charge in [-0.25, -0.2) is 4.39 Å². The van der Waals surface area contributed by atoms with Crippen LogP contribution in [0, 0.1) is 17.7 Å². The van der Waals surface area contributed by atoms with Gasteiger partial charge < -0.3 is 15.5 Å². The van der Waals surface area contributed by atoms with Gasteiger partial charge in [-0.2, -0.15) is 0 Å². The molecule has 3 aromatic carbocycles. The molecule has 2 unspecified atom stereocenters. The predicted molar refractivity (Wildman–Crippen MR) is 155 cm³/mol. The van der Waals surface area contributed by atoms with Crippen molar-refractivity contribution in [2.45, 2.75) is 62.7 Å². The normalized spacial score (nSPS) is 27.7. The second-order valence-corrected chi connectivity index (χ2v) is 12.4. The van der Waals surface area contributed by atoms with E-state index in [2.05, 4.69) is 22.8 Å². The molecule has 4 fully saturated rings. The predicted octanol–water partition coefficient (Wildman–Crippen LogP) is 5.87. The van der Waals surface area contributed by atoms with Gasteiger partial charge >= 0.3 is 0 Å².